The predicted molar refractivity (Wildman–Crippen MR) is 78.5 cm³/mol. The van der Waals surface area contributed by atoms with Crippen LogP contribution in [0.1, 0.15) is 15.9 Å². The molecule has 0 aliphatic rings. The Bertz CT molecular complexity index is 809. The van der Waals surface area contributed by atoms with Crippen LogP contribution in [0.5, 0.6) is 0 Å². The molecule has 0 amide bonds. The monoisotopic (exact) mass is 279 g/mol. The summed E-state index contributed by atoms with van der Waals surface area (Å²) in [6.45, 7) is 2.01. The standard InChI is InChI=1S/C16H13N3O2/c1-11-4-2-7-14(8-11)19-10-15(17-18-19)12-5-3-6-13(9-12)16(20)21/h2-10H,1H3,(H,20,21). The largest absolute Gasteiger partial charge is 0.478 e. The summed E-state index contributed by atoms with van der Waals surface area (Å²) in [6, 6.07) is 14.6. The fraction of sp³-hybridized carbons (Fsp3) is 0.0625. The predicted octanol–water partition coefficient (Wildman–Crippen LogP) is 2.94. The number of rotatable bonds is 3. The summed E-state index contributed by atoms with van der Waals surface area (Å²) in [7, 11) is 0. The van der Waals surface area contributed by atoms with Crippen LogP contribution in [-0.2, 0) is 0 Å². The van der Waals surface area contributed by atoms with Gasteiger partial charge in [0.2, 0.25) is 0 Å². The maximum atomic E-state index is 11.0. The molecule has 1 aromatic heterocycles. The van der Waals surface area contributed by atoms with Gasteiger partial charge in [-0.3, -0.25) is 0 Å². The first kappa shape index (κ1) is 13.1. The number of aromatic carboxylic acids is 1. The summed E-state index contributed by atoms with van der Waals surface area (Å²) < 4.78 is 1.68. The van der Waals surface area contributed by atoms with E-state index in [1.807, 2.05) is 37.3 Å². The van der Waals surface area contributed by atoms with Gasteiger partial charge in [0.25, 0.3) is 0 Å². The van der Waals surface area contributed by atoms with Gasteiger partial charge in [-0.25, -0.2) is 9.48 Å². The quantitative estimate of drug-likeness (QED) is 0.800. The molecule has 5 heteroatoms. The Morgan fingerprint density at radius 1 is 1.14 bits per heavy atom. The molecular formula is C16H13N3O2. The number of aromatic nitrogens is 3. The highest BCUT2D eigenvalue weighted by Gasteiger charge is 2.08. The van der Waals surface area contributed by atoms with Gasteiger partial charge in [0.15, 0.2) is 0 Å². The van der Waals surface area contributed by atoms with E-state index in [2.05, 4.69) is 10.3 Å². The lowest BCUT2D eigenvalue weighted by Gasteiger charge is -2.00. The van der Waals surface area contributed by atoms with Gasteiger partial charge >= 0.3 is 5.97 Å². The van der Waals surface area contributed by atoms with E-state index in [1.54, 1.807) is 29.1 Å². The number of aryl methyl sites for hydroxylation is 1. The van der Waals surface area contributed by atoms with E-state index in [0.717, 1.165) is 16.8 Å². The first-order valence-electron chi connectivity index (χ1n) is 6.46. The van der Waals surface area contributed by atoms with Crippen LogP contribution in [0.3, 0.4) is 0 Å². The van der Waals surface area contributed by atoms with Crippen LogP contribution in [0.15, 0.2) is 54.7 Å². The Labute approximate surface area is 121 Å². The lowest BCUT2D eigenvalue weighted by molar-refractivity contribution is 0.0697. The van der Waals surface area contributed by atoms with Gasteiger partial charge < -0.3 is 5.11 Å². The number of nitrogens with zero attached hydrogens (tertiary/aromatic N) is 3. The molecule has 0 saturated carbocycles. The highest BCUT2D eigenvalue weighted by atomic mass is 16.4. The molecular weight excluding hydrogens is 266 g/mol. The molecule has 5 nitrogen and oxygen atoms in total. The average Bonchev–Trinajstić information content (AvgIpc) is 2.97. The fourth-order valence-electron chi connectivity index (χ4n) is 2.10. The molecule has 3 rings (SSSR count). The van der Waals surface area contributed by atoms with Crippen LogP contribution < -0.4 is 0 Å². The first-order chi connectivity index (χ1) is 10.1. The second-order valence-corrected chi connectivity index (χ2v) is 4.77. The van der Waals surface area contributed by atoms with Crippen LogP contribution >= 0.6 is 0 Å². The van der Waals surface area contributed by atoms with E-state index in [0.29, 0.717) is 5.69 Å². The third-order valence-electron chi connectivity index (χ3n) is 3.16. The van der Waals surface area contributed by atoms with E-state index in [1.165, 1.54) is 0 Å². The molecule has 104 valence electrons. The van der Waals surface area contributed by atoms with E-state index >= 15 is 0 Å². The molecule has 2 aromatic carbocycles. The molecule has 0 aliphatic carbocycles. The number of benzene rings is 2. The van der Waals surface area contributed by atoms with Crippen molar-refractivity contribution in [3.05, 3.63) is 65.9 Å². The molecule has 0 aliphatic heterocycles. The molecule has 0 unspecified atom stereocenters. The summed E-state index contributed by atoms with van der Waals surface area (Å²) >= 11 is 0. The van der Waals surface area contributed by atoms with Crippen molar-refractivity contribution in [2.45, 2.75) is 6.92 Å². The molecule has 21 heavy (non-hydrogen) atoms. The van der Waals surface area contributed by atoms with Crippen molar-refractivity contribution >= 4 is 5.97 Å². The highest BCUT2D eigenvalue weighted by Crippen LogP contribution is 2.19. The van der Waals surface area contributed by atoms with Crippen molar-refractivity contribution in [1.82, 2.24) is 15.0 Å². The van der Waals surface area contributed by atoms with Crippen molar-refractivity contribution in [2.24, 2.45) is 0 Å². The third-order valence-corrected chi connectivity index (χ3v) is 3.16. The Hall–Kier alpha value is -2.95. The highest BCUT2D eigenvalue weighted by molar-refractivity contribution is 5.89. The van der Waals surface area contributed by atoms with Gasteiger partial charge in [-0.15, -0.1) is 5.10 Å². The molecule has 0 bridgehead atoms. The van der Waals surface area contributed by atoms with Crippen LogP contribution in [-0.4, -0.2) is 26.1 Å². The number of carboxylic acid groups (broad SMARTS) is 1. The molecule has 0 spiro atoms. The molecule has 1 heterocycles. The van der Waals surface area contributed by atoms with Crippen molar-refractivity contribution in [3.8, 4) is 16.9 Å². The smallest absolute Gasteiger partial charge is 0.335 e. The zero-order valence-electron chi connectivity index (χ0n) is 11.4. The second kappa shape index (κ2) is 5.20. The van der Waals surface area contributed by atoms with E-state index in [9.17, 15) is 4.79 Å². The zero-order chi connectivity index (χ0) is 14.8. The summed E-state index contributed by atoms with van der Waals surface area (Å²) in [5.74, 6) is -0.956. The number of carbonyl (C=O) groups is 1. The van der Waals surface area contributed by atoms with Gasteiger partial charge in [0.05, 0.1) is 17.4 Å². The van der Waals surface area contributed by atoms with Gasteiger partial charge in [-0.2, -0.15) is 0 Å². The number of carboxylic acids is 1. The summed E-state index contributed by atoms with van der Waals surface area (Å²) in [5.41, 5.74) is 3.66. The molecule has 0 atom stereocenters. The summed E-state index contributed by atoms with van der Waals surface area (Å²) in [4.78, 5) is 11.0. The zero-order valence-corrected chi connectivity index (χ0v) is 11.4. The van der Waals surface area contributed by atoms with Crippen molar-refractivity contribution < 1.29 is 9.90 Å². The molecule has 1 N–H and O–H groups in total. The molecule has 3 aromatic rings. The first-order valence-corrected chi connectivity index (χ1v) is 6.46. The lowest BCUT2D eigenvalue weighted by Crippen LogP contribution is -1.95. The van der Waals surface area contributed by atoms with E-state index < -0.39 is 5.97 Å². The van der Waals surface area contributed by atoms with Crippen LogP contribution in [0.4, 0.5) is 0 Å². The van der Waals surface area contributed by atoms with Gasteiger partial charge in [-0.05, 0) is 36.8 Å². The van der Waals surface area contributed by atoms with Crippen LogP contribution in [0.25, 0.3) is 16.9 Å². The number of hydrogen-bond donors (Lipinski definition) is 1. The second-order valence-electron chi connectivity index (χ2n) is 4.77. The minimum atomic E-state index is -0.956. The van der Waals surface area contributed by atoms with Crippen LogP contribution in [0, 0.1) is 6.92 Å². The lowest BCUT2D eigenvalue weighted by atomic mass is 10.1. The molecule has 0 saturated heterocycles. The SMILES string of the molecule is Cc1cccc(-n2cc(-c3cccc(C(=O)O)c3)nn2)c1. The summed E-state index contributed by atoms with van der Waals surface area (Å²) in [6.07, 6.45) is 1.79. The Kier molecular flexibility index (Phi) is 3.23. The maximum Gasteiger partial charge on any atom is 0.335 e. The molecule has 0 radical (unpaired) electrons. The minimum Gasteiger partial charge on any atom is -0.478 e. The average molecular weight is 279 g/mol. The topological polar surface area (TPSA) is 68.0 Å². The van der Waals surface area contributed by atoms with Crippen molar-refractivity contribution in [2.75, 3.05) is 0 Å². The van der Waals surface area contributed by atoms with Crippen molar-refractivity contribution in [1.29, 1.82) is 0 Å². The maximum absolute atomic E-state index is 11.0. The minimum absolute atomic E-state index is 0.234. The Morgan fingerprint density at radius 2 is 1.95 bits per heavy atom. The van der Waals surface area contributed by atoms with E-state index in [-0.39, 0.29) is 5.56 Å². The van der Waals surface area contributed by atoms with Gasteiger partial charge in [0.1, 0.15) is 5.69 Å². The van der Waals surface area contributed by atoms with Crippen molar-refractivity contribution in [3.63, 3.8) is 0 Å². The fourth-order valence-corrected chi connectivity index (χ4v) is 2.10. The van der Waals surface area contributed by atoms with E-state index in [4.69, 9.17) is 5.11 Å². The van der Waals surface area contributed by atoms with Gasteiger partial charge in [-0.1, -0.05) is 29.5 Å². The number of hydrogen-bond acceptors (Lipinski definition) is 3. The summed E-state index contributed by atoms with van der Waals surface area (Å²) in [5, 5.41) is 17.2. The third kappa shape index (κ3) is 2.67. The Balaban J connectivity index is 1.98. The normalized spacial score (nSPS) is 10.5. The van der Waals surface area contributed by atoms with Crippen LogP contribution in [0.2, 0.25) is 0 Å². The van der Waals surface area contributed by atoms with Gasteiger partial charge in [0, 0.05) is 5.56 Å². The Morgan fingerprint density at radius 3 is 2.71 bits per heavy atom. The molecule has 0 fully saturated rings.